The van der Waals surface area contributed by atoms with Crippen LogP contribution in [0.5, 0.6) is 0 Å². The first-order valence-corrected chi connectivity index (χ1v) is 8.69. The highest BCUT2D eigenvalue weighted by atomic mass is 35.5. The minimum Gasteiger partial charge on any atom is -0.365 e. The number of halogens is 2. The number of nitrogens with zero attached hydrogens (tertiary/aromatic N) is 3. The summed E-state index contributed by atoms with van der Waals surface area (Å²) >= 11 is 13.9. The first-order valence-electron chi connectivity index (χ1n) is 7.20. The molecule has 2 heterocycles. The first kappa shape index (κ1) is 15.3. The zero-order valence-electron chi connectivity index (χ0n) is 12.1. The third kappa shape index (κ3) is 2.61. The Bertz CT molecular complexity index is 654. The van der Waals surface area contributed by atoms with E-state index in [1.165, 1.54) is 11.7 Å². The fourth-order valence-electron chi connectivity index (χ4n) is 3.03. The van der Waals surface area contributed by atoms with Crippen molar-refractivity contribution in [1.29, 1.82) is 0 Å². The lowest BCUT2D eigenvalue weighted by molar-refractivity contribution is 0.277. The summed E-state index contributed by atoms with van der Waals surface area (Å²) in [6.45, 7) is 7.23. The summed E-state index contributed by atoms with van der Waals surface area (Å²) in [6, 6.07) is 1.78. The van der Waals surface area contributed by atoms with Crippen LogP contribution in [0.2, 0.25) is 10.0 Å². The van der Waals surface area contributed by atoms with E-state index in [4.69, 9.17) is 23.2 Å². The van der Waals surface area contributed by atoms with Gasteiger partial charge in [-0.15, -0.1) is 0 Å². The van der Waals surface area contributed by atoms with Crippen LogP contribution in [-0.4, -0.2) is 33.9 Å². The van der Waals surface area contributed by atoms with Crippen LogP contribution in [0.25, 0.3) is 11.0 Å². The molecule has 0 saturated carbocycles. The molecule has 1 aliphatic heterocycles. The molecule has 0 unspecified atom stereocenters. The molecule has 1 N–H and O–H groups in total. The number of nitrogens with one attached hydrogen (secondary N) is 1. The maximum atomic E-state index is 6.47. The van der Waals surface area contributed by atoms with Crippen molar-refractivity contribution < 1.29 is 0 Å². The van der Waals surface area contributed by atoms with Crippen molar-refractivity contribution in [2.45, 2.75) is 32.2 Å². The molecule has 3 rings (SSSR count). The molecular weight excluding hydrogens is 327 g/mol. The van der Waals surface area contributed by atoms with Crippen molar-refractivity contribution in [3.8, 4) is 0 Å². The van der Waals surface area contributed by atoms with Crippen molar-refractivity contribution in [3.05, 3.63) is 16.1 Å². The molecule has 0 aliphatic carbocycles. The Hall–Kier alpha value is -0.620. The number of hydrogen-bond donors (Lipinski definition) is 1. The van der Waals surface area contributed by atoms with E-state index in [1.54, 1.807) is 6.07 Å². The molecular formula is C14H18Cl2N4S. The van der Waals surface area contributed by atoms with Gasteiger partial charge in [-0.1, -0.05) is 37.0 Å². The van der Waals surface area contributed by atoms with Crippen molar-refractivity contribution in [1.82, 2.24) is 14.1 Å². The van der Waals surface area contributed by atoms with Gasteiger partial charge in [-0.3, -0.25) is 0 Å². The SMILES string of the molecule is CCC1(CC)CN(c2c(Cl)cc(Cl)c3nsnc23)CCN1. The van der Waals surface area contributed by atoms with Gasteiger partial charge in [-0.2, -0.15) is 8.75 Å². The van der Waals surface area contributed by atoms with E-state index in [2.05, 4.69) is 32.8 Å². The number of benzene rings is 1. The summed E-state index contributed by atoms with van der Waals surface area (Å²) in [4.78, 5) is 2.33. The molecule has 1 aromatic heterocycles. The van der Waals surface area contributed by atoms with Crippen molar-refractivity contribution in [3.63, 3.8) is 0 Å². The monoisotopic (exact) mass is 344 g/mol. The third-order valence-corrected chi connectivity index (χ3v) is 5.57. The Morgan fingerprint density at radius 3 is 2.67 bits per heavy atom. The van der Waals surface area contributed by atoms with E-state index in [9.17, 15) is 0 Å². The van der Waals surface area contributed by atoms with E-state index >= 15 is 0 Å². The standard InChI is InChI=1S/C14H18Cl2N4S/c1-3-14(4-2)8-20(6-5-17-14)13-10(16)7-9(15)11-12(13)19-21-18-11/h7,17H,3-6,8H2,1-2H3. The lowest BCUT2D eigenvalue weighted by Crippen LogP contribution is -2.60. The van der Waals surface area contributed by atoms with Crippen LogP contribution in [0.15, 0.2) is 6.07 Å². The molecule has 1 aromatic carbocycles. The van der Waals surface area contributed by atoms with Gasteiger partial charge in [0, 0.05) is 25.2 Å². The van der Waals surface area contributed by atoms with Gasteiger partial charge in [-0.05, 0) is 18.9 Å². The number of rotatable bonds is 3. The third-order valence-electron chi connectivity index (χ3n) is 4.46. The second kappa shape index (κ2) is 5.88. The van der Waals surface area contributed by atoms with E-state index < -0.39 is 0 Å². The summed E-state index contributed by atoms with van der Waals surface area (Å²) in [5.41, 5.74) is 2.67. The average molecular weight is 345 g/mol. The maximum absolute atomic E-state index is 6.47. The molecule has 0 atom stereocenters. The van der Waals surface area contributed by atoms with E-state index in [1.807, 2.05) is 0 Å². The zero-order valence-corrected chi connectivity index (χ0v) is 14.4. The van der Waals surface area contributed by atoms with Gasteiger partial charge in [0.2, 0.25) is 0 Å². The van der Waals surface area contributed by atoms with Gasteiger partial charge in [-0.25, -0.2) is 0 Å². The number of hydrogen-bond acceptors (Lipinski definition) is 5. The Labute approximate surface area is 138 Å². The van der Waals surface area contributed by atoms with Gasteiger partial charge >= 0.3 is 0 Å². The fourth-order valence-corrected chi connectivity index (χ4v) is 4.26. The fraction of sp³-hybridized carbons (Fsp3) is 0.571. The molecule has 1 saturated heterocycles. The summed E-state index contributed by atoms with van der Waals surface area (Å²) < 4.78 is 8.70. The van der Waals surface area contributed by atoms with Crippen molar-refractivity contribution in [2.75, 3.05) is 24.5 Å². The number of piperazine rings is 1. The number of aromatic nitrogens is 2. The smallest absolute Gasteiger partial charge is 0.131 e. The molecule has 0 radical (unpaired) electrons. The molecule has 0 amide bonds. The largest absolute Gasteiger partial charge is 0.365 e. The lowest BCUT2D eigenvalue weighted by Gasteiger charge is -2.44. The molecule has 7 heteroatoms. The normalized spacial score (nSPS) is 18.4. The predicted molar refractivity (Wildman–Crippen MR) is 91.0 cm³/mol. The second-order valence-electron chi connectivity index (χ2n) is 5.49. The molecule has 21 heavy (non-hydrogen) atoms. The summed E-state index contributed by atoms with van der Waals surface area (Å²) in [7, 11) is 0. The van der Waals surface area contributed by atoms with Crippen molar-refractivity contribution in [2.24, 2.45) is 0 Å². The van der Waals surface area contributed by atoms with Crippen LogP contribution < -0.4 is 10.2 Å². The van der Waals surface area contributed by atoms with E-state index in [0.29, 0.717) is 10.0 Å². The van der Waals surface area contributed by atoms with Crippen LogP contribution in [0.1, 0.15) is 26.7 Å². The van der Waals surface area contributed by atoms with Crippen LogP contribution in [-0.2, 0) is 0 Å². The minimum absolute atomic E-state index is 0.136. The van der Waals surface area contributed by atoms with E-state index in [-0.39, 0.29) is 5.54 Å². The molecule has 1 fully saturated rings. The van der Waals surface area contributed by atoms with Crippen LogP contribution in [0, 0.1) is 0 Å². The van der Waals surface area contributed by atoms with Gasteiger partial charge in [0.15, 0.2) is 0 Å². The highest BCUT2D eigenvalue weighted by molar-refractivity contribution is 7.00. The summed E-state index contributed by atoms with van der Waals surface area (Å²) in [5.74, 6) is 0. The highest BCUT2D eigenvalue weighted by Crippen LogP contribution is 2.39. The molecule has 2 aromatic rings. The average Bonchev–Trinajstić information content (AvgIpc) is 2.97. The van der Waals surface area contributed by atoms with Gasteiger partial charge in [0.25, 0.3) is 0 Å². The molecule has 1 aliphatic rings. The molecule has 114 valence electrons. The van der Waals surface area contributed by atoms with Gasteiger partial charge in [0.05, 0.1) is 27.5 Å². The number of fused-ring (bicyclic) bond motifs is 1. The Kier molecular flexibility index (Phi) is 4.28. The quantitative estimate of drug-likeness (QED) is 0.914. The Morgan fingerprint density at radius 1 is 1.24 bits per heavy atom. The first-order chi connectivity index (χ1) is 10.1. The number of anilines is 1. The second-order valence-corrected chi connectivity index (χ2v) is 6.83. The van der Waals surface area contributed by atoms with Gasteiger partial charge < -0.3 is 10.2 Å². The zero-order chi connectivity index (χ0) is 15.0. The Balaban J connectivity index is 2.06. The molecule has 0 spiro atoms. The van der Waals surface area contributed by atoms with E-state index in [0.717, 1.165) is 49.2 Å². The molecule has 4 nitrogen and oxygen atoms in total. The van der Waals surface area contributed by atoms with Crippen molar-refractivity contribution >= 4 is 51.7 Å². The maximum Gasteiger partial charge on any atom is 0.131 e. The van der Waals surface area contributed by atoms with Crippen LogP contribution in [0.3, 0.4) is 0 Å². The lowest BCUT2D eigenvalue weighted by atomic mass is 9.90. The predicted octanol–water partition coefficient (Wildman–Crippen LogP) is 3.97. The topological polar surface area (TPSA) is 41.1 Å². The molecule has 0 bridgehead atoms. The minimum atomic E-state index is 0.136. The van der Waals surface area contributed by atoms with Gasteiger partial charge in [0.1, 0.15) is 11.0 Å². The van der Waals surface area contributed by atoms with Crippen LogP contribution >= 0.6 is 34.9 Å². The highest BCUT2D eigenvalue weighted by Gasteiger charge is 2.33. The summed E-state index contributed by atoms with van der Waals surface area (Å²) in [6.07, 6.45) is 2.17. The Morgan fingerprint density at radius 2 is 1.95 bits per heavy atom. The van der Waals surface area contributed by atoms with Crippen LogP contribution in [0.4, 0.5) is 5.69 Å². The summed E-state index contributed by atoms with van der Waals surface area (Å²) in [5, 5.41) is 4.89.